The Hall–Kier alpha value is -2.11. The van der Waals surface area contributed by atoms with E-state index in [1.165, 1.54) is 24.3 Å². The highest BCUT2D eigenvalue weighted by molar-refractivity contribution is 5.22. The van der Waals surface area contributed by atoms with Gasteiger partial charge in [-0.25, -0.2) is 4.39 Å². The number of benzene rings is 1. The molecule has 2 rings (SSSR count). The molecular weight excluding hydrogens is 201 g/mol. The molecule has 78 valence electrons. The lowest BCUT2D eigenvalue weighted by molar-refractivity contribution is 0.243. The molecule has 1 aromatic carbocycles. The van der Waals surface area contributed by atoms with E-state index in [0.29, 0.717) is 5.75 Å². The minimum absolute atomic E-state index is 0.0627. The second-order valence-corrected chi connectivity index (χ2v) is 2.79. The van der Waals surface area contributed by atoms with Crippen LogP contribution in [0.5, 0.6) is 5.75 Å². The van der Waals surface area contributed by atoms with E-state index in [4.69, 9.17) is 15.0 Å². The molecule has 0 amide bonds. The standard InChI is InChI=1S/C9H8FN3O2/c10-6-1-3-7(4-2-6)14-5-8-12-9(11)13-15-8/h1-4H,5H2,(H2,11,13). The van der Waals surface area contributed by atoms with Crippen LogP contribution in [0, 0.1) is 5.82 Å². The van der Waals surface area contributed by atoms with Crippen LogP contribution in [-0.4, -0.2) is 10.1 Å². The van der Waals surface area contributed by atoms with Gasteiger partial charge in [0.1, 0.15) is 11.6 Å². The SMILES string of the molecule is Nc1noc(COc2ccc(F)cc2)n1. The molecule has 0 aliphatic rings. The maximum Gasteiger partial charge on any atom is 0.266 e. The van der Waals surface area contributed by atoms with Gasteiger partial charge in [-0.3, -0.25) is 0 Å². The Morgan fingerprint density at radius 1 is 1.33 bits per heavy atom. The average molecular weight is 209 g/mol. The zero-order chi connectivity index (χ0) is 10.7. The van der Waals surface area contributed by atoms with Gasteiger partial charge in [0.25, 0.3) is 11.8 Å². The van der Waals surface area contributed by atoms with Crippen LogP contribution in [0.3, 0.4) is 0 Å². The van der Waals surface area contributed by atoms with Gasteiger partial charge in [0, 0.05) is 0 Å². The number of hydrogen-bond donors (Lipinski definition) is 1. The molecule has 5 nitrogen and oxygen atoms in total. The van der Waals surface area contributed by atoms with E-state index in [2.05, 4.69) is 10.1 Å². The fourth-order valence-corrected chi connectivity index (χ4v) is 1.00. The topological polar surface area (TPSA) is 74.2 Å². The van der Waals surface area contributed by atoms with Gasteiger partial charge in [-0.1, -0.05) is 0 Å². The lowest BCUT2D eigenvalue weighted by Gasteiger charge is -2.01. The molecule has 0 unspecified atom stereocenters. The molecule has 0 atom stereocenters. The summed E-state index contributed by atoms with van der Waals surface area (Å²) in [6, 6.07) is 5.62. The number of aromatic nitrogens is 2. The van der Waals surface area contributed by atoms with Crippen molar-refractivity contribution in [2.45, 2.75) is 6.61 Å². The van der Waals surface area contributed by atoms with Gasteiger partial charge in [-0.2, -0.15) is 4.98 Å². The molecule has 2 aromatic rings. The van der Waals surface area contributed by atoms with E-state index in [1.54, 1.807) is 0 Å². The lowest BCUT2D eigenvalue weighted by atomic mass is 10.3. The maximum atomic E-state index is 12.5. The first-order valence-electron chi connectivity index (χ1n) is 4.20. The largest absolute Gasteiger partial charge is 0.484 e. The number of halogens is 1. The van der Waals surface area contributed by atoms with Crippen molar-refractivity contribution < 1.29 is 13.7 Å². The first kappa shape index (κ1) is 9.45. The molecule has 6 heteroatoms. The number of nitrogens with two attached hydrogens (primary N) is 1. The smallest absolute Gasteiger partial charge is 0.266 e. The van der Waals surface area contributed by atoms with Crippen LogP contribution in [-0.2, 0) is 6.61 Å². The number of rotatable bonds is 3. The van der Waals surface area contributed by atoms with Gasteiger partial charge in [0.15, 0.2) is 6.61 Å². The summed E-state index contributed by atoms with van der Waals surface area (Å²) in [6.07, 6.45) is 0. The van der Waals surface area contributed by atoms with Crippen molar-refractivity contribution in [2.24, 2.45) is 0 Å². The zero-order valence-corrected chi connectivity index (χ0v) is 7.68. The molecule has 0 radical (unpaired) electrons. The Balaban J connectivity index is 1.96. The predicted molar refractivity (Wildman–Crippen MR) is 49.4 cm³/mol. The third kappa shape index (κ3) is 2.43. The van der Waals surface area contributed by atoms with Crippen molar-refractivity contribution in [1.82, 2.24) is 10.1 Å². The number of nitrogen functional groups attached to an aromatic ring is 1. The molecular formula is C9H8FN3O2. The van der Waals surface area contributed by atoms with Crippen molar-refractivity contribution in [3.05, 3.63) is 36.0 Å². The lowest BCUT2D eigenvalue weighted by Crippen LogP contribution is -1.96. The van der Waals surface area contributed by atoms with Crippen LogP contribution < -0.4 is 10.5 Å². The summed E-state index contributed by atoms with van der Waals surface area (Å²) in [7, 11) is 0. The van der Waals surface area contributed by atoms with E-state index in [0.717, 1.165) is 0 Å². The highest BCUT2D eigenvalue weighted by Crippen LogP contribution is 2.12. The van der Waals surface area contributed by atoms with Crippen LogP contribution in [0.1, 0.15) is 5.89 Å². The third-order valence-electron chi connectivity index (χ3n) is 1.66. The minimum atomic E-state index is -0.315. The van der Waals surface area contributed by atoms with E-state index in [-0.39, 0.29) is 24.3 Å². The predicted octanol–water partition coefficient (Wildman–Crippen LogP) is 1.37. The maximum absolute atomic E-state index is 12.5. The Bertz CT molecular complexity index is 441. The fraction of sp³-hybridized carbons (Fsp3) is 0.111. The first-order chi connectivity index (χ1) is 7.24. The van der Waals surface area contributed by atoms with Gasteiger partial charge in [-0.15, -0.1) is 0 Å². The van der Waals surface area contributed by atoms with E-state index in [9.17, 15) is 4.39 Å². The van der Waals surface area contributed by atoms with Crippen LogP contribution in [0.4, 0.5) is 10.3 Å². The minimum Gasteiger partial charge on any atom is -0.484 e. The summed E-state index contributed by atoms with van der Waals surface area (Å²) in [5.74, 6) is 0.544. The first-order valence-corrected chi connectivity index (χ1v) is 4.20. The Morgan fingerprint density at radius 2 is 2.07 bits per heavy atom. The van der Waals surface area contributed by atoms with Crippen LogP contribution in [0.15, 0.2) is 28.8 Å². The zero-order valence-electron chi connectivity index (χ0n) is 7.68. The third-order valence-corrected chi connectivity index (χ3v) is 1.66. The van der Waals surface area contributed by atoms with Gasteiger partial charge in [0.2, 0.25) is 0 Å². The van der Waals surface area contributed by atoms with E-state index in [1.807, 2.05) is 0 Å². The normalized spacial score (nSPS) is 10.2. The molecule has 2 N–H and O–H groups in total. The average Bonchev–Trinajstić information content (AvgIpc) is 2.64. The van der Waals surface area contributed by atoms with Crippen LogP contribution >= 0.6 is 0 Å². The molecule has 15 heavy (non-hydrogen) atoms. The number of anilines is 1. The summed E-state index contributed by atoms with van der Waals surface area (Å²) in [4.78, 5) is 3.74. The summed E-state index contributed by atoms with van der Waals surface area (Å²) in [5.41, 5.74) is 5.25. The molecule has 0 bridgehead atoms. The molecule has 1 aromatic heterocycles. The quantitative estimate of drug-likeness (QED) is 0.826. The second-order valence-electron chi connectivity index (χ2n) is 2.79. The molecule has 0 saturated heterocycles. The second kappa shape index (κ2) is 3.95. The molecule has 0 spiro atoms. The monoisotopic (exact) mass is 209 g/mol. The van der Waals surface area contributed by atoms with Gasteiger partial charge < -0.3 is 15.0 Å². The molecule has 1 heterocycles. The van der Waals surface area contributed by atoms with Crippen LogP contribution in [0.25, 0.3) is 0 Å². The van der Waals surface area contributed by atoms with E-state index < -0.39 is 0 Å². The summed E-state index contributed by atoms with van der Waals surface area (Å²) >= 11 is 0. The fourth-order valence-electron chi connectivity index (χ4n) is 1.00. The number of ether oxygens (including phenoxy) is 1. The summed E-state index contributed by atoms with van der Waals surface area (Å²) < 4.78 is 22.5. The summed E-state index contributed by atoms with van der Waals surface area (Å²) in [5, 5.41) is 3.39. The van der Waals surface area contributed by atoms with Crippen molar-refractivity contribution >= 4 is 5.95 Å². The Morgan fingerprint density at radius 3 is 2.67 bits per heavy atom. The van der Waals surface area contributed by atoms with E-state index >= 15 is 0 Å². The van der Waals surface area contributed by atoms with Crippen LogP contribution in [0.2, 0.25) is 0 Å². The summed E-state index contributed by atoms with van der Waals surface area (Å²) in [6.45, 7) is 0.107. The van der Waals surface area contributed by atoms with Gasteiger partial charge in [-0.05, 0) is 29.4 Å². The van der Waals surface area contributed by atoms with Gasteiger partial charge >= 0.3 is 0 Å². The van der Waals surface area contributed by atoms with Gasteiger partial charge in [0.05, 0.1) is 0 Å². The molecule has 0 fully saturated rings. The number of nitrogens with zero attached hydrogens (tertiary/aromatic N) is 2. The highest BCUT2D eigenvalue weighted by atomic mass is 19.1. The molecule has 0 saturated carbocycles. The molecule has 0 aliphatic heterocycles. The Labute approximate surface area is 84.7 Å². The van der Waals surface area contributed by atoms with Crippen molar-refractivity contribution in [2.75, 3.05) is 5.73 Å². The van der Waals surface area contributed by atoms with Crippen molar-refractivity contribution in [3.8, 4) is 5.75 Å². The number of hydrogen-bond acceptors (Lipinski definition) is 5. The highest BCUT2D eigenvalue weighted by Gasteiger charge is 2.03. The van der Waals surface area contributed by atoms with Crippen molar-refractivity contribution in [3.63, 3.8) is 0 Å². The Kier molecular flexibility index (Phi) is 2.49. The van der Waals surface area contributed by atoms with Crippen molar-refractivity contribution in [1.29, 1.82) is 0 Å². The molecule has 0 aliphatic carbocycles.